The van der Waals surface area contributed by atoms with E-state index >= 15 is 0 Å². The molecule has 0 bridgehead atoms. The molecule has 0 spiro atoms. The van der Waals surface area contributed by atoms with E-state index in [1.807, 2.05) is 24.6 Å². The standard InChI is InChI=1S/C19H24N4OS.HI/c1-20-19(23-12-9-15-6-2-3-7-16(15)14-23)22-11-5-10-21-18(24)17-8-4-13-25-17;/h2-4,6-8,13H,5,9-12,14H2,1H3,(H,20,22)(H,21,24);1H. The fraction of sp³-hybridized carbons (Fsp3) is 0.368. The molecule has 0 atom stereocenters. The molecule has 0 saturated carbocycles. The van der Waals surface area contributed by atoms with Crippen LogP contribution < -0.4 is 10.6 Å². The Morgan fingerprint density at radius 1 is 1.15 bits per heavy atom. The summed E-state index contributed by atoms with van der Waals surface area (Å²) in [6, 6.07) is 12.3. The minimum atomic E-state index is 0. The summed E-state index contributed by atoms with van der Waals surface area (Å²) in [6.07, 6.45) is 1.91. The zero-order valence-corrected chi connectivity index (χ0v) is 18.1. The van der Waals surface area contributed by atoms with Crippen molar-refractivity contribution >= 4 is 47.2 Å². The van der Waals surface area contributed by atoms with Gasteiger partial charge in [-0.05, 0) is 35.4 Å². The number of rotatable bonds is 5. The van der Waals surface area contributed by atoms with Gasteiger partial charge in [-0.2, -0.15) is 0 Å². The van der Waals surface area contributed by atoms with E-state index in [2.05, 4.69) is 44.8 Å². The van der Waals surface area contributed by atoms with Crippen LogP contribution in [-0.2, 0) is 13.0 Å². The highest BCUT2D eigenvalue weighted by Gasteiger charge is 2.18. The Kier molecular flexibility index (Phi) is 8.37. The maximum absolute atomic E-state index is 11.9. The first kappa shape index (κ1) is 20.7. The summed E-state index contributed by atoms with van der Waals surface area (Å²) < 4.78 is 0. The molecule has 3 rings (SSSR count). The zero-order valence-electron chi connectivity index (χ0n) is 14.9. The van der Waals surface area contributed by atoms with Gasteiger partial charge in [-0.25, -0.2) is 0 Å². The number of fused-ring (bicyclic) bond motifs is 1. The number of nitrogens with one attached hydrogen (secondary N) is 2. The average molecular weight is 484 g/mol. The molecule has 0 radical (unpaired) electrons. The average Bonchev–Trinajstić information content (AvgIpc) is 3.19. The van der Waals surface area contributed by atoms with Gasteiger partial charge in [-0.15, -0.1) is 35.3 Å². The lowest BCUT2D eigenvalue weighted by atomic mass is 10.0. The topological polar surface area (TPSA) is 56.7 Å². The minimum Gasteiger partial charge on any atom is -0.356 e. The van der Waals surface area contributed by atoms with E-state index in [4.69, 9.17) is 0 Å². The van der Waals surface area contributed by atoms with Crippen molar-refractivity contribution in [3.8, 4) is 0 Å². The van der Waals surface area contributed by atoms with Crippen molar-refractivity contribution < 1.29 is 4.79 Å². The predicted octanol–water partition coefficient (Wildman–Crippen LogP) is 3.12. The SMILES string of the molecule is CN=C(NCCCNC(=O)c1cccs1)N1CCc2ccccc2C1.I. The summed E-state index contributed by atoms with van der Waals surface area (Å²) in [5.74, 6) is 0.936. The number of carbonyl (C=O) groups excluding carboxylic acids is 1. The molecule has 7 heteroatoms. The van der Waals surface area contributed by atoms with Gasteiger partial charge in [-0.1, -0.05) is 30.3 Å². The second kappa shape index (κ2) is 10.5. The molecule has 1 aromatic heterocycles. The largest absolute Gasteiger partial charge is 0.356 e. The highest BCUT2D eigenvalue weighted by atomic mass is 127. The molecule has 1 amide bonds. The van der Waals surface area contributed by atoms with Crippen LogP contribution in [0.3, 0.4) is 0 Å². The third-order valence-corrected chi connectivity index (χ3v) is 5.18. The van der Waals surface area contributed by atoms with E-state index in [1.165, 1.54) is 22.5 Å². The maximum Gasteiger partial charge on any atom is 0.261 e. The van der Waals surface area contributed by atoms with Gasteiger partial charge in [0.15, 0.2) is 5.96 Å². The zero-order chi connectivity index (χ0) is 17.5. The number of hydrogen-bond acceptors (Lipinski definition) is 3. The molecule has 2 N–H and O–H groups in total. The number of aliphatic imine (C=N–C) groups is 1. The van der Waals surface area contributed by atoms with E-state index in [-0.39, 0.29) is 29.9 Å². The Balaban J connectivity index is 0.00000243. The molecule has 2 aromatic rings. The normalized spacial score (nSPS) is 13.6. The Bertz CT molecular complexity index is 733. The first-order valence-electron chi connectivity index (χ1n) is 8.62. The van der Waals surface area contributed by atoms with Crippen LogP contribution in [-0.4, -0.2) is 43.4 Å². The quantitative estimate of drug-likeness (QED) is 0.297. The number of hydrogen-bond donors (Lipinski definition) is 2. The van der Waals surface area contributed by atoms with Gasteiger partial charge >= 0.3 is 0 Å². The minimum absolute atomic E-state index is 0. The summed E-state index contributed by atoms with van der Waals surface area (Å²) in [6.45, 7) is 3.32. The lowest BCUT2D eigenvalue weighted by molar-refractivity contribution is 0.0957. The summed E-state index contributed by atoms with van der Waals surface area (Å²) >= 11 is 1.46. The molecular weight excluding hydrogens is 459 g/mol. The van der Waals surface area contributed by atoms with Crippen molar-refractivity contribution in [1.29, 1.82) is 0 Å². The van der Waals surface area contributed by atoms with Crippen molar-refractivity contribution in [2.45, 2.75) is 19.4 Å². The molecule has 0 fully saturated rings. The lowest BCUT2D eigenvalue weighted by Gasteiger charge is -2.31. The van der Waals surface area contributed by atoms with Gasteiger partial charge in [0.1, 0.15) is 0 Å². The maximum atomic E-state index is 11.9. The number of amides is 1. The van der Waals surface area contributed by atoms with Crippen molar-refractivity contribution in [2.75, 3.05) is 26.7 Å². The summed E-state index contributed by atoms with van der Waals surface area (Å²) in [4.78, 5) is 19.3. The van der Waals surface area contributed by atoms with Crippen molar-refractivity contribution in [3.05, 3.63) is 57.8 Å². The van der Waals surface area contributed by atoms with Crippen LogP contribution in [0, 0.1) is 0 Å². The highest BCUT2D eigenvalue weighted by Crippen LogP contribution is 2.18. The molecule has 26 heavy (non-hydrogen) atoms. The van der Waals surface area contributed by atoms with E-state index < -0.39 is 0 Å². The third-order valence-electron chi connectivity index (χ3n) is 4.31. The summed E-state index contributed by atoms with van der Waals surface area (Å²) in [5.41, 5.74) is 2.81. The third kappa shape index (κ3) is 5.44. The fourth-order valence-corrected chi connectivity index (χ4v) is 3.63. The predicted molar refractivity (Wildman–Crippen MR) is 119 cm³/mol. The molecule has 0 unspecified atom stereocenters. The van der Waals surface area contributed by atoms with Crippen molar-refractivity contribution in [2.24, 2.45) is 4.99 Å². The lowest BCUT2D eigenvalue weighted by Crippen LogP contribution is -2.44. The first-order chi connectivity index (χ1) is 12.3. The second-order valence-electron chi connectivity index (χ2n) is 6.00. The molecule has 0 saturated heterocycles. The molecule has 2 heterocycles. The van der Waals surface area contributed by atoms with Crippen molar-refractivity contribution in [1.82, 2.24) is 15.5 Å². The van der Waals surface area contributed by atoms with Gasteiger partial charge in [0.2, 0.25) is 0 Å². The second-order valence-corrected chi connectivity index (χ2v) is 6.95. The van der Waals surface area contributed by atoms with E-state index in [0.29, 0.717) is 6.54 Å². The summed E-state index contributed by atoms with van der Waals surface area (Å²) in [5, 5.41) is 8.27. The fourth-order valence-electron chi connectivity index (χ4n) is 2.99. The van der Waals surface area contributed by atoms with Crippen molar-refractivity contribution in [3.63, 3.8) is 0 Å². The Hall–Kier alpha value is -1.61. The number of carbonyl (C=O) groups is 1. The summed E-state index contributed by atoms with van der Waals surface area (Å²) in [7, 11) is 1.82. The van der Waals surface area contributed by atoms with Crippen LogP contribution in [0.1, 0.15) is 27.2 Å². The Morgan fingerprint density at radius 2 is 1.92 bits per heavy atom. The van der Waals surface area contributed by atoms with Crippen LogP contribution in [0.2, 0.25) is 0 Å². The number of halogens is 1. The van der Waals surface area contributed by atoms with Crippen LogP contribution in [0.4, 0.5) is 0 Å². The van der Waals surface area contributed by atoms with Gasteiger partial charge in [0, 0.05) is 33.2 Å². The number of benzene rings is 1. The van der Waals surface area contributed by atoms with Gasteiger partial charge in [-0.3, -0.25) is 9.79 Å². The van der Waals surface area contributed by atoms with Crippen LogP contribution >= 0.6 is 35.3 Å². The molecule has 0 aliphatic carbocycles. The molecule has 140 valence electrons. The van der Waals surface area contributed by atoms with Crippen LogP contribution in [0.25, 0.3) is 0 Å². The number of nitrogens with zero attached hydrogens (tertiary/aromatic N) is 2. The first-order valence-corrected chi connectivity index (χ1v) is 9.50. The highest BCUT2D eigenvalue weighted by molar-refractivity contribution is 14.0. The smallest absolute Gasteiger partial charge is 0.261 e. The van der Waals surface area contributed by atoms with Crippen LogP contribution in [0.5, 0.6) is 0 Å². The van der Waals surface area contributed by atoms with E-state index in [0.717, 1.165) is 43.3 Å². The molecule has 1 aliphatic heterocycles. The Labute approximate surface area is 175 Å². The van der Waals surface area contributed by atoms with Gasteiger partial charge < -0.3 is 15.5 Å². The molecule has 1 aliphatic rings. The molecule has 5 nitrogen and oxygen atoms in total. The Morgan fingerprint density at radius 3 is 2.65 bits per heavy atom. The van der Waals surface area contributed by atoms with Crippen LogP contribution in [0.15, 0.2) is 46.8 Å². The number of thiophene rings is 1. The molecular formula is C19H25IN4OS. The van der Waals surface area contributed by atoms with E-state index in [9.17, 15) is 4.79 Å². The van der Waals surface area contributed by atoms with E-state index in [1.54, 1.807) is 0 Å². The molecule has 1 aromatic carbocycles. The number of guanidine groups is 1. The van der Waals surface area contributed by atoms with Gasteiger partial charge in [0.25, 0.3) is 5.91 Å². The van der Waals surface area contributed by atoms with Gasteiger partial charge in [0.05, 0.1) is 4.88 Å². The monoisotopic (exact) mass is 484 g/mol.